The maximum Gasteiger partial charge on any atom is 0.323 e. The van der Waals surface area contributed by atoms with Crippen molar-refractivity contribution in [3.63, 3.8) is 0 Å². The largest absolute Gasteiger partial charge is 0.480 e. The number of likely N-dealkylation sites (tertiary alicyclic amines) is 1. The van der Waals surface area contributed by atoms with Crippen LogP contribution in [0.5, 0.6) is 0 Å². The predicted molar refractivity (Wildman–Crippen MR) is 78.6 cm³/mol. The van der Waals surface area contributed by atoms with Gasteiger partial charge in [-0.1, -0.05) is 13.3 Å². The molecule has 116 valence electrons. The molecule has 3 atom stereocenters. The van der Waals surface area contributed by atoms with Crippen molar-refractivity contribution in [2.45, 2.75) is 77.4 Å². The zero-order chi connectivity index (χ0) is 15.3. The Balaban J connectivity index is 2.75. The zero-order valence-corrected chi connectivity index (χ0v) is 13.1. The van der Waals surface area contributed by atoms with Crippen molar-refractivity contribution in [3.05, 3.63) is 0 Å². The van der Waals surface area contributed by atoms with Crippen molar-refractivity contribution in [1.29, 1.82) is 0 Å². The SMILES string of the molecule is CCCC(C)NC(=O)C(C)N1CCCCC1(C)C(=O)O. The standard InChI is InChI=1S/C15H28N2O3/c1-5-8-11(2)16-13(18)12(3)17-10-7-6-9-15(17,4)14(19)20/h11-12H,5-10H2,1-4H3,(H,16,18)(H,19,20). The highest BCUT2D eigenvalue weighted by atomic mass is 16.4. The third kappa shape index (κ3) is 3.72. The molecule has 5 heteroatoms. The number of nitrogens with zero attached hydrogens (tertiary/aromatic N) is 1. The van der Waals surface area contributed by atoms with E-state index >= 15 is 0 Å². The van der Waals surface area contributed by atoms with Crippen LogP contribution in [0.3, 0.4) is 0 Å². The summed E-state index contributed by atoms with van der Waals surface area (Å²) in [7, 11) is 0. The van der Waals surface area contributed by atoms with E-state index in [0.717, 1.165) is 25.7 Å². The average Bonchev–Trinajstić information content (AvgIpc) is 2.38. The molecule has 0 aromatic heterocycles. The van der Waals surface area contributed by atoms with E-state index < -0.39 is 17.6 Å². The first-order valence-electron chi connectivity index (χ1n) is 7.63. The third-order valence-electron chi connectivity index (χ3n) is 4.36. The first-order valence-corrected chi connectivity index (χ1v) is 7.63. The number of carboxylic acids is 1. The lowest BCUT2D eigenvalue weighted by Crippen LogP contribution is -2.61. The molecule has 0 aliphatic carbocycles. The molecule has 0 bridgehead atoms. The van der Waals surface area contributed by atoms with Gasteiger partial charge in [0, 0.05) is 12.6 Å². The van der Waals surface area contributed by atoms with Gasteiger partial charge in [-0.25, -0.2) is 0 Å². The monoisotopic (exact) mass is 284 g/mol. The van der Waals surface area contributed by atoms with Crippen LogP contribution in [-0.4, -0.2) is 46.1 Å². The fraction of sp³-hybridized carbons (Fsp3) is 0.867. The van der Waals surface area contributed by atoms with E-state index in [1.54, 1.807) is 13.8 Å². The fourth-order valence-electron chi connectivity index (χ4n) is 3.00. The summed E-state index contributed by atoms with van der Waals surface area (Å²) in [6, 6.07) is -0.272. The summed E-state index contributed by atoms with van der Waals surface area (Å²) in [5.74, 6) is -0.904. The maximum atomic E-state index is 12.3. The maximum absolute atomic E-state index is 12.3. The Labute approximate surface area is 121 Å². The highest BCUT2D eigenvalue weighted by Gasteiger charge is 2.45. The number of rotatable bonds is 6. The van der Waals surface area contributed by atoms with E-state index in [9.17, 15) is 14.7 Å². The summed E-state index contributed by atoms with van der Waals surface area (Å²) in [4.78, 5) is 25.7. The molecule has 0 aromatic carbocycles. The van der Waals surface area contributed by atoms with E-state index in [-0.39, 0.29) is 11.9 Å². The normalized spacial score (nSPS) is 26.8. The molecule has 5 nitrogen and oxygen atoms in total. The molecular formula is C15H28N2O3. The van der Waals surface area contributed by atoms with Crippen LogP contribution in [0, 0.1) is 0 Å². The number of carbonyl (C=O) groups is 2. The summed E-state index contributed by atoms with van der Waals surface area (Å²) >= 11 is 0. The average molecular weight is 284 g/mol. The molecule has 2 N–H and O–H groups in total. The van der Waals surface area contributed by atoms with Crippen LogP contribution in [0.1, 0.15) is 59.8 Å². The Morgan fingerprint density at radius 3 is 2.55 bits per heavy atom. The molecule has 0 radical (unpaired) electrons. The second-order valence-electron chi connectivity index (χ2n) is 6.10. The van der Waals surface area contributed by atoms with Gasteiger partial charge in [-0.15, -0.1) is 0 Å². The Kier molecular flexibility index (Phi) is 5.99. The molecule has 1 saturated heterocycles. The summed E-state index contributed by atoms with van der Waals surface area (Å²) in [6.07, 6.45) is 4.41. The van der Waals surface area contributed by atoms with Crippen molar-refractivity contribution >= 4 is 11.9 Å². The van der Waals surface area contributed by atoms with Crippen LogP contribution < -0.4 is 5.32 Å². The number of aliphatic carboxylic acids is 1. The summed E-state index contributed by atoms with van der Waals surface area (Å²) in [5.41, 5.74) is -0.928. The van der Waals surface area contributed by atoms with E-state index in [1.165, 1.54) is 0 Å². The summed E-state index contributed by atoms with van der Waals surface area (Å²) in [6.45, 7) is 8.27. The van der Waals surface area contributed by atoms with Crippen LogP contribution in [0.15, 0.2) is 0 Å². The molecule has 20 heavy (non-hydrogen) atoms. The smallest absolute Gasteiger partial charge is 0.323 e. The molecule has 0 aromatic rings. The van der Waals surface area contributed by atoms with Crippen molar-refractivity contribution in [3.8, 4) is 0 Å². The lowest BCUT2D eigenvalue weighted by molar-refractivity contribution is -0.156. The minimum Gasteiger partial charge on any atom is -0.480 e. The third-order valence-corrected chi connectivity index (χ3v) is 4.36. The molecule has 1 heterocycles. The Morgan fingerprint density at radius 1 is 1.35 bits per heavy atom. The molecule has 1 aliphatic heterocycles. The lowest BCUT2D eigenvalue weighted by Gasteiger charge is -2.44. The van der Waals surface area contributed by atoms with Gasteiger partial charge in [0.2, 0.25) is 5.91 Å². The number of hydrogen-bond donors (Lipinski definition) is 2. The van der Waals surface area contributed by atoms with Crippen LogP contribution in [0.4, 0.5) is 0 Å². The van der Waals surface area contributed by atoms with Crippen molar-refractivity contribution < 1.29 is 14.7 Å². The van der Waals surface area contributed by atoms with Crippen molar-refractivity contribution in [2.24, 2.45) is 0 Å². The van der Waals surface area contributed by atoms with Gasteiger partial charge in [0.05, 0.1) is 6.04 Å². The molecular weight excluding hydrogens is 256 g/mol. The van der Waals surface area contributed by atoms with Crippen molar-refractivity contribution in [1.82, 2.24) is 10.2 Å². The van der Waals surface area contributed by atoms with Gasteiger partial charge in [-0.3, -0.25) is 14.5 Å². The molecule has 1 rings (SSSR count). The second kappa shape index (κ2) is 7.07. The number of piperidine rings is 1. The van der Waals surface area contributed by atoms with E-state index in [1.807, 2.05) is 11.8 Å². The Morgan fingerprint density at radius 2 is 2.00 bits per heavy atom. The van der Waals surface area contributed by atoms with Gasteiger partial charge in [-0.05, 0) is 46.5 Å². The second-order valence-corrected chi connectivity index (χ2v) is 6.10. The molecule has 1 fully saturated rings. The first kappa shape index (κ1) is 17.0. The zero-order valence-electron chi connectivity index (χ0n) is 13.1. The first-order chi connectivity index (χ1) is 9.32. The summed E-state index contributed by atoms with van der Waals surface area (Å²) < 4.78 is 0. The Hall–Kier alpha value is -1.10. The van der Waals surface area contributed by atoms with Crippen LogP contribution in [0.2, 0.25) is 0 Å². The van der Waals surface area contributed by atoms with Gasteiger partial charge in [-0.2, -0.15) is 0 Å². The van der Waals surface area contributed by atoms with E-state index in [0.29, 0.717) is 13.0 Å². The fourth-order valence-corrected chi connectivity index (χ4v) is 3.00. The van der Waals surface area contributed by atoms with E-state index in [2.05, 4.69) is 12.2 Å². The van der Waals surface area contributed by atoms with Gasteiger partial charge in [0.1, 0.15) is 5.54 Å². The van der Waals surface area contributed by atoms with Crippen LogP contribution in [0.25, 0.3) is 0 Å². The number of carboxylic acid groups (broad SMARTS) is 1. The summed E-state index contributed by atoms with van der Waals surface area (Å²) in [5, 5.41) is 12.5. The van der Waals surface area contributed by atoms with Gasteiger partial charge in [0.25, 0.3) is 0 Å². The molecule has 0 spiro atoms. The number of carbonyl (C=O) groups excluding carboxylic acids is 1. The molecule has 1 aliphatic rings. The Bertz CT molecular complexity index is 359. The van der Waals surface area contributed by atoms with Crippen LogP contribution >= 0.6 is 0 Å². The quantitative estimate of drug-likeness (QED) is 0.783. The minimum atomic E-state index is -0.928. The van der Waals surface area contributed by atoms with Gasteiger partial charge < -0.3 is 10.4 Å². The molecule has 0 saturated carbocycles. The predicted octanol–water partition coefficient (Wildman–Crippen LogP) is 2.01. The lowest BCUT2D eigenvalue weighted by atomic mass is 9.87. The van der Waals surface area contributed by atoms with Gasteiger partial charge >= 0.3 is 5.97 Å². The number of nitrogens with one attached hydrogen (secondary N) is 1. The van der Waals surface area contributed by atoms with Gasteiger partial charge in [0.15, 0.2) is 0 Å². The topological polar surface area (TPSA) is 69.6 Å². The molecule has 3 unspecified atom stereocenters. The number of hydrogen-bond acceptors (Lipinski definition) is 3. The highest BCUT2D eigenvalue weighted by Crippen LogP contribution is 2.30. The van der Waals surface area contributed by atoms with E-state index in [4.69, 9.17) is 0 Å². The van der Waals surface area contributed by atoms with Crippen molar-refractivity contribution in [2.75, 3.05) is 6.54 Å². The molecule has 1 amide bonds. The highest BCUT2D eigenvalue weighted by molar-refractivity contribution is 5.84. The number of amides is 1. The van der Waals surface area contributed by atoms with Crippen LogP contribution in [-0.2, 0) is 9.59 Å². The minimum absolute atomic E-state index is 0.0691.